The Labute approximate surface area is 112 Å². The van der Waals surface area contributed by atoms with Gasteiger partial charge in [0.2, 0.25) is 5.88 Å². The van der Waals surface area contributed by atoms with Crippen LogP contribution in [0.2, 0.25) is 5.02 Å². The fourth-order valence-electron chi connectivity index (χ4n) is 2.33. The monoisotopic (exact) mass is 265 g/mol. The molecule has 0 radical (unpaired) electrons. The molecule has 96 valence electrons. The van der Waals surface area contributed by atoms with E-state index in [1.165, 1.54) is 6.42 Å². The maximum atomic E-state index is 8.91. The van der Waals surface area contributed by atoms with E-state index in [4.69, 9.17) is 27.3 Å². The van der Waals surface area contributed by atoms with E-state index in [0.29, 0.717) is 28.9 Å². The van der Waals surface area contributed by atoms with Crippen LogP contribution in [0.1, 0.15) is 31.2 Å². The first-order valence-corrected chi connectivity index (χ1v) is 6.55. The Morgan fingerprint density at radius 3 is 3.00 bits per heavy atom. The summed E-state index contributed by atoms with van der Waals surface area (Å²) in [6, 6.07) is 3.60. The minimum atomic E-state index is 0.0580. The Bertz CT molecular complexity index is 458. The molecule has 4 nitrogen and oxygen atoms in total. The average Bonchev–Trinajstić information content (AvgIpc) is 2.42. The summed E-state index contributed by atoms with van der Waals surface area (Å²) in [5.41, 5.74) is 6.15. The molecule has 2 rings (SSSR count). The molecule has 1 aliphatic carbocycles. The van der Waals surface area contributed by atoms with Gasteiger partial charge in [0, 0.05) is 12.1 Å². The van der Waals surface area contributed by atoms with Crippen LogP contribution in [0.3, 0.4) is 0 Å². The van der Waals surface area contributed by atoms with Crippen LogP contribution >= 0.6 is 11.6 Å². The Balaban J connectivity index is 2.15. The number of rotatable bonds is 3. The summed E-state index contributed by atoms with van der Waals surface area (Å²) in [5, 5.41) is 9.20. The van der Waals surface area contributed by atoms with Crippen molar-refractivity contribution in [3.05, 3.63) is 22.8 Å². The standard InChI is InChI=1S/C13H16ClN3O/c14-12-10(8-16)5-6-17-13(12)18-11-4-2-1-3-9(11)7-15/h5-6,9,11H,1-4,7,15H2. The normalized spacial score (nSPS) is 23.4. The third-order valence-electron chi connectivity index (χ3n) is 3.38. The van der Waals surface area contributed by atoms with E-state index >= 15 is 0 Å². The minimum absolute atomic E-state index is 0.0580. The Kier molecular flexibility index (Phi) is 4.40. The fourth-order valence-corrected chi connectivity index (χ4v) is 2.53. The second-order valence-corrected chi connectivity index (χ2v) is 4.90. The lowest BCUT2D eigenvalue weighted by Gasteiger charge is -2.30. The quantitative estimate of drug-likeness (QED) is 0.911. The second kappa shape index (κ2) is 6.03. The van der Waals surface area contributed by atoms with Gasteiger partial charge < -0.3 is 10.5 Å². The van der Waals surface area contributed by atoms with Crippen LogP contribution in [-0.2, 0) is 0 Å². The molecule has 0 saturated heterocycles. The molecule has 5 heteroatoms. The summed E-state index contributed by atoms with van der Waals surface area (Å²) in [5.74, 6) is 0.698. The van der Waals surface area contributed by atoms with Crippen LogP contribution < -0.4 is 10.5 Å². The fraction of sp³-hybridized carbons (Fsp3) is 0.538. The van der Waals surface area contributed by atoms with E-state index in [9.17, 15) is 0 Å². The predicted molar refractivity (Wildman–Crippen MR) is 69.4 cm³/mol. The number of nitrogens with two attached hydrogens (primary N) is 1. The molecule has 0 aliphatic heterocycles. The summed E-state index contributed by atoms with van der Waals surface area (Å²) >= 11 is 6.08. The number of hydrogen-bond acceptors (Lipinski definition) is 4. The molecular weight excluding hydrogens is 250 g/mol. The van der Waals surface area contributed by atoms with Gasteiger partial charge in [-0.1, -0.05) is 18.0 Å². The lowest BCUT2D eigenvalue weighted by Crippen LogP contribution is -2.35. The molecule has 1 heterocycles. The van der Waals surface area contributed by atoms with Crippen molar-refractivity contribution in [2.45, 2.75) is 31.8 Å². The molecule has 2 unspecified atom stereocenters. The first kappa shape index (κ1) is 13.1. The molecule has 1 saturated carbocycles. The SMILES string of the molecule is N#Cc1ccnc(OC2CCCCC2CN)c1Cl. The zero-order valence-electron chi connectivity index (χ0n) is 10.1. The topological polar surface area (TPSA) is 71.9 Å². The van der Waals surface area contributed by atoms with Gasteiger partial charge in [-0.05, 0) is 31.9 Å². The second-order valence-electron chi connectivity index (χ2n) is 4.53. The number of nitriles is 1. The first-order chi connectivity index (χ1) is 8.76. The third kappa shape index (κ3) is 2.74. The molecular formula is C13H16ClN3O. The molecule has 1 fully saturated rings. The van der Waals surface area contributed by atoms with Crippen LogP contribution in [0.15, 0.2) is 12.3 Å². The number of aromatic nitrogens is 1. The molecule has 0 aromatic carbocycles. The number of hydrogen-bond donors (Lipinski definition) is 1. The van der Waals surface area contributed by atoms with Crippen molar-refractivity contribution < 1.29 is 4.74 Å². The van der Waals surface area contributed by atoms with Crippen molar-refractivity contribution in [3.63, 3.8) is 0 Å². The molecule has 2 atom stereocenters. The predicted octanol–water partition coefficient (Wildman–Crippen LogP) is 2.50. The van der Waals surface area contributed by atoms with Gasteiger partial charge in [-0.25, -0.2) is 4.98 Å². The highest BCUT2D eigenvalue weighted by Crippen LogP contribution is 2.31. The van der Waals surface area contributed by atoms with Crippen molar-refractivity contribution >= 4 is 11.6 Å². The lowest BCUT2D eigenvalue weighted by molar-refractivity contribution is 0.0924. The van der Waals surface area contributed by atoms with Crippen LogP contribution in [0.4, 0.5) is 0 Å². The average molecular weight is 266 g/mol. The zero-order valence-corrected chi connectivity index (χ0v) is 10.9. The maximum absolute atomic E-state index is 8.91. The van der Waals surface area contributed by atoms with Gasteiger partial charge in [0.15, 0.2) is 0 Å². The van der Waals surface area contributed by atoms with Crippen LogP contribution in [0.25, 0.3) is 0 Å². The number of nitrogens with zero attached hydrogens (tertiary/aromatic N) is 2. The van der Waals surface area contributed by atoms with Gasteiger partial charge in [0.1, 0.15) is 17.2 Å². The van der Waals surface area contributed by atoms with Gasteiger partial charge in [0.05, 0.1) is 5.56 Å². The lowest BCUT2D eigenvalue weighted by atomic mass is 9.86. The maximum Gasteiger partial charge on any atom is 0.234 e. The van der Waals surface area contributed by atoms with Crippen molar-refractivity contribution in [1.82, 2.24) is 4.98 Å². The van der Waals surface area contributed by atoms with Gasteiger partial charge in [-0.2, -0.15) is 5.26 Å². The van der Waals surface area contributed by atoms with E-state index in [2.05, 4.69) is 4.98 Å². The Morgan fingerprint density at radius 2 is 2.28 bits per heavy atom. The van der Waals surface area contributed by atoms with Crippen molar-refractivity contribution in [2.75, 3.05) is 6.54 Å². The van der Waals surface area contributed by atoms with E-state index < -0.39 is 0 Å². The van der Waals surface area contributed by atoms with E-state index in [0.717, 1.165) is 19.3 Å². The largest absolute Gasteiger partial charge is 0.473 e. The Morgan fingerprint density at radius 1 is 1.50 bits per heavy atom. The highest BCUT2D eigenvalue weighted by Gasteiger charge is 2.26. The molecule has 1 aliphatic rings. The minimum Gasteiger partial charge on any atom is -0.473 e. The highest BCUT2D eigenvalue weighted by molar-refractivity contribution is 6.32. The summed E-state index contributed by atoms with van der Waals surface area (Å²) in [4.78, 5) is 4.10. The van der Waals surface area contributed by atoms with E-state index in [1.807, 2.05) is 6.07 Å². The summed E-state index contributed by atoms with van der Waals surface area (Å²) in [6.45, 7) is 0.611. The van der Waals surface area contributed by atoms with Crippen LogP contribution in [-0.4, -0.2) is 17.6 Å². The third-order valence-corrected chi connectivity index (χ3v) is 3.75. The summed E-state index contributed by atoms with van der Waals surface area (Å²) in [6.07, 6.45) is 5.98. The molecule has 2 N–H and O–H groups in total. The molecule has 1 aromatic heterocycles. The number of pyridine rings is 1. The zero-order chi connectivity index (χ0) is 13.0. The molecule has 0 spiro atoms. The molecule has 18 heavy (non-hydrogen) atoms. The smallest absolute Gasteiger partial charge is 0.234 e. The van der Waals surface area contributed by atoms with Crippen LogP contribution in [0, 0.1) is 17.2 Å². The first-order valence-electron chi connectivity index (χ1n) is 6.17. The molecule has 0 bridgehead atoms. The number of halogens is 1. The van der Waals surface area contributed by atoms with Gasteiger partial charge in [0.25, 0.3) is 0 Å². The van der Waals surface area contributed by atoms with Crippen molar-refractivity contribution in [1.29, 1.82) is 5.26 Å². The summed E-state index contributed by atoms with van der Waals surface area (Å²) < 4.78 is 5.86. The van der Waals surface area contributed by atoms with Gasteiger partial charge in [-0.15, -0.1) is 0 Å². The Hall–Kier alpha value is -1.31. The molecule has 0 amide bonds. The van der Waals surface area contributed by atoms with Gasteiger partial charge in [-0.3, -0.25) is 0 Å². The van der Waals surface area contributed by atoms with E-state index in [-0.39, 0.29) is 6.10 Å². The number of ether oxygens (including phenoxy) is 1. The molecule has 1 aromatic rings. The van der Waals surface area contributed by atoms with Gasteiger partial charge >= 0.3 is 0 Å². The highest BCUT2D eigenvalue weighted by atomic mass is 35.5. The summed E-state index contributed by atoms with van der Waals surface area (Å²) in [7, 11) is 0. The van der Waals surface area contributed by atoms with Crippen molar-refractivity contribution in [2.24, 2.45) is 11.7 Å². The van der Waals surface area contributed by atoms with Crippen molar-refractivity contribution in [3.8, 4) is 11.9 Å². The van der Waals surface area contributed by atoms with E-state index in [1.54, 1.807) is 12.3 Å². The van der Waals surface area contributed by atoms with Crippen LogP contribution in [0.5, 0.6) is 5.88 Å².